The molecule has 0 spiro atoms. The molecule has 2 atom stereocenters. The molecular formula is C17H20ClN. The zero-order chi connectivity index (χ0) is 13.7. The number of benzene rings is 2. The summed E-state index contributed by atoms with van der Waals surface area (Å²) in [5, 5.41) is 4.38. The van der Waals surface area contributed by atoms with E-state index in [0.717, 1.165) is 17.1 Å². The van der Waals surface area contributed by atoms with Crippen LogP contribution in [-0.4, -0.2) is 6.54 Å². The lowest BCUT2D eigenvalue weighted by molar-refractivity contribution is 0.537. The van der Waals surface area contributed by atoms with Crippen molar-refractivity contribution in [2.24, 2.45) is 0 Å². The summed E-state index contributed by atoms with van der Waals surface area (Å²) in [6.07, 6.45) is 0. The van der Waals surface area contributed by atoms with Crippen LogP contribution in [0.5, 0.6) is 0 Å². The average Bonchev–Trinajstić information content (AvgIpc) is 2.46. The Bertz CT molecular complexity index is 510. The summed E-state index contributed by atoms with van der Waals surface area (Å²) in [6, 6.07) is 18.8. The predicted octanol–water partition coefficient (Wildman–Crippen LogP) is 4.79. The zero-order valence-electron chi connectivity index (χ0n) is 11.4. The van der Waals surface area contributed by atoms with Gasteiger partial charge >= 0.3 is 0 Å². The highest BCUT2D eigenvalue weighted by molar-refractivity contribution is 6.31. The second kappa shape index (κ2) is 6.74. The zero-order valence-corrected chi connectivity index (χ0v) is 12.2. The molecule has 2 rings (SSSR count). The molecule has 1 nitrogen and oxygen atoms in total. The van der Waals surface area contributed by atoms with Crippen LogP contribution in [0.3, 0.4) is 0 Å². The molecule has 19 heavy (non-hydrogen) atoms. The number of hydrogen-bond donors (Lipinski definition) is 1. The topological polar surface area (TPSA) is 12.0 Å². The summed E-state index contributed by atoms with van der Waals surface area (Å²) in [6.45, 7) is 5.33. The number of hydrogen-bond acceptors (Lipinski definition) is 1. The van der Waals surface area contributed by atoms with Crippen LogP contribution in [0.15, 0.2) is 54.6 Å². The summed E-state index contributed by atoms with van der Waals surface area (Å²) in [5.41, 5.74) is 2.52. The number of halogens is 1. The molecule has 0 aromatic heterocycles. The first kappa shape index (κ1) is 14.1. The lowest BCUT2D eigenvalue weighted by Gasteiger charge is -2.19. The molecule has 0 aliphatic carbocycles. The third-order valence-corrected chi connectivity index (χ3v) is 3.81. The normalized spacial score (nSPS) is 14.1. The summed E-state index contributed by atoms with van der Waals surface area (Å²) >= 11 is 6.21. The third kappa shape index (κ3) is 3.82. The van der Waals surface area contributed by atoms with Gasteiger partial charge in [-0.2, -0.15) is 0 Å². The molecule has 0 radical (unpaired) electrons. The Kier molecular flexibility index (Phi) is 5.00. The summed E-state index contributed by atoms with van der Waals surface area (Å²) in [7, 11) is 0. The highest BCUT2D eigenvalue weighted by atomic mass is 35.5. The Morgan fingerprint density at radius 1 is 0.947 bits per heavy atom. The smallest absolute Gasteiger partial charge is 0.0453 e. The van der Waals surface area contributed by atoms with Crippen LogP contribution in [0.1, 0.15) is 36.9 Å². The van der Waals surface area contributed by atoms with Gasteiger partial charge < -0.3 is 5.32 Å². The fourth-order valence-corrected chi connectivity index (χ4v) is 2.49. The van der Waals surface area contributed by atoms with Crippen molar-refractivity contribution in [3.05, 3.63) is 70.7 Å². The van der Waals surface area contributed by atoms with Crippen molar-refractivity contribution in [1.82, 2.24) is 5.32 Å². The van der Waals surface area contributed by atoms with E-state index in [2.05, 4.69) is 55.6 Å². The lowest BCUT2D eigenvalue weighted by Crippen LogP contribution is -2.23. The van der Waals surface area contributed by atoms with Gasteiger partial charge in [-0.25, -0.2) is 0 Å². The minimum Gasteiger partial charge on any atom is -0.310 e. The fourth-order valence-electron chi connectivity index (χ4n) is 2.19. The minimum absolute atomic E-state index is 0.264. The quantitative estimate of drug-likeness (QED) is 0.826. The third-order valence-electron chi connectivity index (χ3n) is 3.47. The van der Waals surface area contributed by atoms with Crippen molar-refractivity contribution >= 4 is 11.6 Å². The van der Waals surface area contributed by atoms with E-state index in [9.17, 15) is 0 Å². The van der Waals surface area contributed by atoms with Gasteiger partial charge in [-0.1, -0.05) is 67.1 Å². The monoisotopic (exact) mass is 273 g/mol. The SMILES string of the molecule is CC(CNC(C)c1ccccc1Cl)c1ccccc1. The van der Waals surface area contributed by atoms with Crippen LogP contribution in [0, 0.1) is 0 Å². The maximum Gasteiger partial charge on any atom is 0.0453 e. The van der Waals surface area contributed by atoms with E-state index in [4.69, 9.17) is 11.6 Å². The van der Waals surface area contributed by atoms with Gasteiger partial charge in [0.05, 0.1) is 0 Å². The second-order valence-electron chi connectivity index (χ2n) is 4.96. The molecule has 0 aliphatic rings. The Balaban J connectivity index is 1.94. The van der Waals surface area contributed by atoms with Crippen molar-refractivity contribution in [2.75, 3.05) is 6.54 Å². The largest absolute Gasteiger partial charge is 0.310 e. The van der Waals surface area contributed by atoms with E-state index in [1.165, 1.54) is 5.56 Å². The van der Waals surface area contributed by atoms with Crippen molar-refractivity contribution in [3.63, 3.8) is 0 Å². The highest BCUT2D eigenvalue weighted by Gasteiger charge is 2.11. The number of nitrogens with one attached hydrogen (secondary N) is 1. The van der Waals surface area contributed by atoms with Gasteiger partial charge in [-0.3, -0.25) is 0 Å². The molecule has 0 bridgehead atoms. The van der Waals surface area contributed by atoms with E-state index in [1.54, 1.807) is 0 Å². The van der Waals surface area contributed by atoms with Crippen LogP contribution in [0.25, 0.3) is 0 Å². The van der Waals surface area contributed by atoms with Crippen molar-refractivity contribution in [3.8, 4) is 0 Å². The molecule has 0 aliphatic heterocycles. The van der Waals surface area contributed by atoms with Crippen LogP contribution >= 0.6 is 11.6 Å². The Hall–Kier alpha value is -1.31. The van der Waals surface area contributed by atoms with E-state index in [1.807, 2.05) is 18.2 Å². The van der Waals surface area contributed by atoms with Crippen molar-refractivity contribution in [2.45, 2.75) is 25.8 Å². The highest BCUT2D eigenvalue weighted by Crippen LogP contribution is 2.23. The lowest BCUT2D eigenvalue weighted by atomic mass is 10.0. The molecule has 2 aromatic carbocycles. The Morgan fingerprint density at radius 2 is 1.58 bits per heavy atom. The van der Waals surface area contributed by atoms with E-state index in [0.29, 0.717) is 5.92 Å². The van der Waals surface area contributed by atoms with E-state index < -0.39 is 0 Å². The van der Waals surface area contributed by atoms with Crippen molar-refractivity contribution < 1.29 is 0 Å². The Morgan fingerprint density at radius 3 is 2.26 bits per heavy atom. The fraction of sp³-hybridized carbons (Fsp3) is 0.294. The van der Waals surface area contributed by atoms with Gasteiger partial charge in [0, 0.05) is 17.6 Å². The summed E-state index contributed by atoms with van der Waals surface area (Å²) in [4.78, 5) is 0. The standard InChI is InChI=1S/C17H20ClN/c1-13(15-8-4-3-5-9-15)12-19-14(2)16-10-6-7-11-17(16)18/h3-11,13-14,19H,12H2,1-2H3. The first-order valence-corrected chi connectivity index (χ1v) is 7.09. The first-order valence-electron chi connectivity index (χ1n) is 6.71. The van der Waals surface area contributed by atoms with Gasteiger partial charge in [0.1, 0.15) is 0 Å². The molecule has 2 aromatic rings. The molecule has 2 heteroatoms. The van der Waals surface area contributed by atoms with Gasteiger partial charge in [0.25, 0.3) is 0 Å². The first-order chi connectivity index (χ1) is 9.18. The molecule has 0 saturated carbocycles. The van der Waals surface area contributed by atoms with Gasteiger partial charge in [-0.15, -0.1) is 0 Å². The van der Waals surface area contributed by atoms with Crippen LogP contribution in [0.4, 0.5) is 0 Å². The minimum atomic E-state index is 0.264. The molecule has 100 valence electrons. The average molecular weight is 274 g/mol. The molecule has 1 N–H and O–H groups in total. The summed E-state index contributed by atoms with van der Waals surface area (Å²) in [5.74, 6) is 0.492. The van der Waals surface area contributed by atoms with Crippen molar-refractivity contribution in [1.29, 1.82) is 0 Å². The van der Waals surface area contributed by atoms with Gasteiger partial charge in [0.2, 0.25) is 0 Å². The molecular weight excluding hydrogens is 254 g/mol. The summed E-state index contributed by atoms with van der Waals surface area (Å²) < 4.78 is 0. The van der Waals surface area contributed by atoms with Gasteiger partial charge in [0.15, 0.2) is 0 Å². The predicted molar refractivity (Wildman–Crippen MR) is 82.7 cm³/mol. The maximum atomic E-state index is 6.21. The van der Waals surface area contributed by atoms with E-state index in [-0.39, 0.29) is 6.04 Å². The number of rotatable bonds is 5. The van der Waals surface area contributed by atoms with Gasteiger partial charge in [-0.05, 0) is 30.0 Å². The maximum absolute atomic E-state index is 6.21. The molecule has 2 unspecified atom stereocenters. The molecule has 0 amide bonds. The molecule has 0 heterocycles. The molecule has 0 saturated heterocycles. The Labute approximate surface area is 120 Å². The molecule has 0 fully saturated rings. The second-order valence-corrected chi connectivity index (χ2v) is 5.37. The van der Waals surface area contributed by atoms with Crippen LogP contribution < -0.4 is 5.32 Å². The van der Waals surface area contributed by atoms with Crippen LogP contribution in [0.2, 0.25) is 5.02 Å². The van der Waals surface area contributed by atoms with Crippen LogP contribution in [-0.2, 0) is 0 Å². The van der Waals surface area contributed by atoms with E-state index >= 15 is 0 Å².